The number of aryl methyl sites for hydroxylation is 1. The standard InChI is InChI=1S/C17H18N2O/c1-12-5-6-14(17(2,3)4)15(9-12)20-16-10-13(11-18)7-8-19-16/h5-10H,1-4H3. The predicted molar refractivity (Wildman–Crippen MR) is 78.9 cm³/mol. The summed E-state index contributed by atoms with van der Waals surface area (Å²) in [4.78, 5) is 4.16. The van der Waals surface area contributed by atoms with Crippen LogP contribution in [0.4, 0.5) is 0 Å². The molecule has 0 saturated heterocycles. The number of ether oxygens (including phenoxy) is 1. The summed E-state index contributed by atoms with van der Waals surface area (Å²) in [5.74, 6) is 1.24. The molecule has 1 aromatic carbocycles. The Morgan fingerprint density at radius 3 is 2.55 bits per heavy atom. The fraction of sp³-hybridized carbons (Fsp3) is 0.294. The summed E-state index contributed by atoms with van der Waals surface area (Å²) < 4.78 is 5.90. The van der Waals surface area contributed by atoms with Gasteiger partial charge in [0, 0.05) is 17.8 Å². The van der Waals surface area contributed by atoms with E-state index in [4.69, 9.17) is 10.00 Å². The van der Waals surface area contributed by atoms with Gasteiger partial charge in [0.15, 0.2) is 0 Å². The summed E-state index contributed by atoms with van der Waals surface area (Å²) in [5.41, 5.74) is 2.77. The van der Waals surface area contributed by atoms with Crippen molar-refractivity contribution in [1.82, 2.24) is 4.98 Å². The van der Waals surface area contributed by atoms with E-state index in [1.807, 2.05) is 13.0 Å². The summed E-state index contributed by atoms with van der Waals surface area (Å²) >= 11 is 0. The molecule has 2 aromatic rings. The molecule has 0 radical (unpaired) electrons. The first kappa shape index (κ1) is 14.1. The summed E-state index contributed by atoms with van der Waals surface area (Å²) in [5, 5.41) is 8.92. The van der Waals surface area contributed by atoms with Crippen molar-refractivity contribution in [1.29, 1.82) is 5.26 Å². The number of nitriles is 1. The van der Waals surface area contributed by atoms with Crippen molar-refractivity contribution in [2.24, 2.45) is 0 Å². The maximum atomic E-state index is 8.92. The first-order valence-corrected chi connectivity index (χ1v) is 6.55. The van der Waals surface area contributed by atoms with E-state index >= 15 is 0 Å². The fourth-order valence-electron chi connectivity index (χ4n) is 1.98. The molecular formula is C17H18N2O. The van der Waals surface area contributed by atoms with Gasteiger partial charge in [-0.3, -0.25) is 0 Å². The van der Waals surface area contributed by atoms with Gasteiger partial charge in [0.2, 0.25) is 5.88 Å². The molecule has 0 saturated carbocycles. The van der Waals surface area contributed by atoms with Crippen LogP contribution in [0.25, 0.3) is 0 Å². The quantitative estimate of drug-likeness (QED) is 0.811. The average Bonchev–Trinajstić information content (AvgIpc) is 2.37. The molecule has 0 N–H and O–H groups in total. The summed E-state index contributed by atoms with van der Waals surface area (Å²) in [7, 11) is 0. The molecule has 1 heterocycles. The van der Waals surface area contributed by atoms with Crippen molar-refractivity contribution in [3.05, 3.63) is 53.2 Å². The molecule has 2 rings (SSSR count). The minimum atomic E-state index is -0.0180. The first-order chi connectivity index (χ1) is 9.40. The van der Waals surface area contributed by atoms with E-state index < -0.39 is 0 Å². The SMILES string of the molecule is Cc1ccc(C(C)(C)C)c(Oc2cc(C#N)ccn2)c1. The third kappa shape index (κ3) is 3.16. The molecule has 0 bridgehead atoms. The lowest BCUT2D eigenvalue weighted by Gasteiger charge is -2.22. The molecule has 102 valence electrons. The second kappa shape index (κ2) is 5.34. The third-order valence-electron chi connectivity index (χ3n) is 3.02. The molecule has 0 atom stereocenters. The first-order valence-electron chi connectivity index (χ1n) is 6.55. The monoisotopic (exact) mass is 266 g/mol. The Balaban J connectivity index is 2.42. The molecule has 3 nitrogen and oxygen atoms in total. The van der Waals surface area contributed by atoms with E-state index in [-0.39, 0.29) is 5.41 Å². The Morgan fingerprint density at radius 2 is 1.90 bits per heavy atom. The van der Waals surface area contributed by atoms with Crippen molar-refractivity contribution >= 4 is 0 Å². The van der Waals surface area contributed by atoms with Gasteiger partial charge in [0.05, 0.1) is 11.6 Å². The van der Waals surface area contributed by atoms with Crippen LogP contribution in [0.15, 0.2) is 36.5 Å². The van der Waals surface area contributed by atoms with Crippen LogP contribution in [0.1, 0.15) is 37.5 Å². The van der Waals surface area contributed by atoms with Crippen molar-refractivity contribution in [2.75, 3.05) is 0 Å². The molecule has 3 heteroatoms. The molecule has 0 amide bonds. The minimum Gasteiger partial charge on any atom is -0.439 e. The molecule has 0 unspecified atom stereocenters. The number of pyridine rings is 1. The zero-order valence-corrected chi connectivity index (χ0v) is 12.3. The predicted octanol–water partition coefficient (Wildman–Crippen LogP) is 4.35. The lowest BCUT2D eigenvalue weighted by atomic mass is 9.86. The Morgan fingerprint density at radius 1 is 1.15 bits per heavy atom. The molecule has 0 fully saturated rings. The highest BCUT2D eigenvalue weighted by molar-refractivity contribution is 5.44. The normalized spacial score (nSPS) is 10.9. The lowest BCUT2D eigenvalue weighted by molar-refractivity contribution is 0.439. The smallest absolute Gasteiger partial charge is 0.220 e. The number of hydrogen-bond donors (Lipinski definition) is 0. The Kier molecular flexibility index (Phi) is 3.76. The Hall–Kier alpha value is -2.34. The van der Waals surface area contributed by atoms with Gasteiger partial charge >= 0.3 is 0 Å². The van der Waals surface area contributed by atoms with E-state index in [9.17, 15) is 0 Å². The second-order valence-electron chi connectivity index (χ2n) is 5.85. The van der Waals surface area contributed by atoms with Gasteiger partial charge < -0.3 is 4.74 Å². The molecule has 0 spiro atoms. The van der Waals surface area contributed by atoms with Crippen LogP contribution in [0.3, 0.4) is 0 Å². The van der Waals surface area contributed by atoms with E-state index in [0.29, 0.717) is 11.4 Å². The van der Waals surface area contributed by atoms with Gasteiger partial charge in [-0.1, -0.05) is 32.9 Å². The fourth-order valence-corrected chi connectivity index (χ4v) is 1.98. The van der Waals surface area contributed by atoms with Crippen LogP contribution in [0.2, 0.25) is 0 Å². The summed E-state index contributed by atoms with van der Waals surface area (Å²) in [6.45, 7) is 8.45. The lowest BCUT2D eigenvalue weighted by Crippen LogP contribution is -2.12. The van der Waals surface area contributed by atoms with Crippen molar-refractivity contribution in [2.45, 2.75) is 33.1 Å². The molecule has 0 aliphatic heterocycles. The number of nitrogens with zero attached hydrogens (tertiary/aromatic N) is 2. The van der Waals surface area contributed by atoms with Gasteiger partial charge in [-0.05, 0) is 30.0 Å². The van der Waals surface area contributed by atoms with Gasteiger partial charge in [-0.2, -0.15) is 5.26 Å². The van der Waals surface area contributed by atoms with Crippen LogP contribution >= 0.6 is 0 Å². The topological polar surface area (TPSA) is 45.9 Å². The second-order valence-corrected chi connectivity index (χ2v) is 5.85. The maximum Gasteiger partial charge on any atom is 0.220 e. The maximum absolute atomic E-state index is 8.92. The molecule has 20 heavy (non-hydrogen) atoms. The molecule has 0 aliphatic carbocycles. The van der Waals surface area contributed by atoms with Crippen LogP contribution in [-0.4, -0.2) is 4.98 Å². The number of aromatic nitrogens is 1. The highest BCUT2D eigenvalue weighted by atomic mass is 16.5. The molecule has 1 aromatic heterocycles. The summed E-state index contributed by atoms with van der Waals surface area (Å²) in [6, 6.07) is 11.6. The number of rotatable bonds is 2. The Labute approximate surface area is 119 Å². The van der Waals surface area contributed by atoms with Crippen LogP contribution in [-0.2, 0) is 5.41 Å². The third-order valence-corrected chi connectivity index (χ3v) is 3.02. The Bertz CT molecular complexity index is 663. The average molecular weight is 266 g/mol. The van der Waals surface area contributed by atoms with E-state index in [0.717, 1.165) is 16.9 Å². The largest absolute Gasteiger partial charge is 0.439 e. The minimum absolute atomic E-state index is 0.0180. The van der Waals surface area contributed by atoms with Gasteiger partial charge in [0.1, 0.15) is 5.75 Å². The van der Waals surface area contributed by atoms with Crippen molar-refractivity contribution in [3.8, 4) is 17.7 Å². The van der Waals surface area contributed by atoms with Gasteiger partial charge in [-0.25, -0.2) is 4.98 Å². The van der Waals surface area contributed by atoms with Crippen molar-refractivity contribution < 1.29 is 4.74 Å². The number of benzene rings is 1. The van der Waals surface area contributed by atoms with Crippen LogP contribution in [0, 0.1) is 18.3 Å². The highest BCUT2D eigenvalue weighted by Crippen LogP contribution is 2.34. The van der Waals surface area contributed by atoms with E-state index in [1.165, 1.54) is 0 Å². The van der Waals surface area contributed by atoms with Crippen LogP contribution in [0.5, 0.6) is 11.6 Å². The summed E-state index contributed by atoms with van der Waals surface area (Å²) in [6.07, 6.45) is 1.58. The van der Waals surface area contributed by atoms with Gasteiger partial charge in [0.25, 0.3) is 0 Å². The van der Waals surface area contributed by atoms with Gasteiger partial charge in [-0.15, -0.1) is 0 Å². The van der Waals surface area contributed by atoms with E-state index in [2.05, 4.69) is 44.0 Å². The zero-order valence-electron chi connectivity index (χ0n) is 12.3. The van der Waals surface area contributed by atoms with Crippen LogP contribution < -0.4 is 4.74 Å². The molecule has 0 aliphatic rings. The highest BCUT2D eigenvalue weighted by Gasteiger charge is 2.19. The molecular weight excluding hydrogens is 248 g/mol. The van der Waals surface area contributed by atoms with E-state index in [1.54, 1.807) is 18.3 Å². The zero-order chi connectivity index (χ0) is 14.8. The van der Waals surface area contributed by atoms with Crippen molar-refractivity contribution in [3.63, 3.8) is 0 Å². The number of hydrogen-bond acceptors (Lipinski definition) is 3.